The number of hydrogen-bond acceptors (Lipinski definition) is 3. The van der Waals surface area contributed by atoms with Crippen molar-refractivity contribution in [3.05, 3.63) is 0 Å². The summed E-state index contributed by atoms with van der Waals surface area (Å²) in [6.07, 6.45) is 5.89. The topological polar surface area (TPSA) is 30.5 Å². The van der Waals surface area contributed by atoms with Crippen LogP contribution in [-0.4, -0.2) is 37.5 Å². The van der Waals surface area contributed by atoms with Crippen LogP contribution in [0.5, 0.6) is 0 Å². The van der Waals surface area contributed by atoms with Crippen molar-refractivity contribution in [2.75, 3.05) is 19.8 Å². The predicted octanol–water partition coefficient (Wildman–Crippen LogP) is 2.74. The molecule has 0 radical (unpaired) electrons. The third-order valence-corrected chi connectivity index (χ3v) is 4.53. The monoisotopic (exact) mass is 255 g/mol. The summed E-state index contributed by atoms with van der Waals surface area (Å²) < 4.78 is 11.5. The van der Waals surface area contributed by atoms with Crippen molar-refractivity contribution < 1.29 is 9.47 Å². The normalized spacial score (nSPS) is 35.8. The number of rotatable bonds is 5. The first-order valence-electron chi connectivity index (χ1n) is 7.61. The molecule has 0 aromatic heterocycles. The van der Waals surface area contributed by atoms with Gasteiger partial charge < -0.3 is 14.8 Å². The summed E-state index contributed by atoms with van der Waals surface area (Å²) in [5.41, 5.74) is 0.0337. The molecule has 2 heterocycles. The van der Waals surface area contributed by atoms with Gasteiger partial charge in [-0.1, -0.05) is 20.3 Å². The molecule has 0 amide bonds. The van der Waals surface area contributed by atoms with Gasteiger partial charge in [-0.25, -0.2) is 0 Å². The molecule has 4 atom stereocenters. The van der Waals surface area contributed by atoms with E-state index in [0.717, 1.165) is 45.0 Å². The molecule has 0 bridgehead atoms. The Balaban J connectivity index is 1.78. The zero-order valence-electron chi connectivity index (χ0n) is 12.2. The van der Waals surface area contributed by atoms with Crippen LogP contribution in [0, 0.1) is 5.92 Å². The van der Waals surface area contributed by atoms with E-state index in [1.165, 1.54) is 12.8 Å². The zero-order valence-corrected chi connectivity index (χ0v) is 12.2. The van der Waals surface area contributed by atoms with Crippen molar-refractivity contribution >= 4 is 0 Å². The molecule has 0 aromatic carbocycles. The van der Waals surface area contributed by atoms with Crippen molar-refractivity contribution in [3.8, 4) is 0 Å². The molecule has 2 fully saturated rings. The van der Waals surface area contributed by atoms with Gasteiger partial charge in [0, 0.05) is 31.7 Å². The van der Waals surface area contributed by atoms with Crippen molar-refractivity contribution in [3.63, 3.8) is 0 Å². The average Bonchev–Trinajstić information content (AvgIpc) is 2.77. The number of nitrogens with one attached hydrogen (secondary N) is 1. The molecule has 1 N–H and O–H groups in total. The van der Waals surface area contributed by atoms with Crippen LogP contribution in [0.15, 0.2) is 0 Å². The summed E-state index contributed by atoms with van der Waals surface area (Å²) in [5, 5.41) is 3.80. The smallest absolute Gasteiger partial charge is 0.0951 e. The van der Waals surface area contributed by atoms with E-state index in [-0.39, 0.29) is 5.60 Å². The van der Waals surface area contributed by atoms with E-state index in [1.54, 1.807) is 0 Å². The SMILES string of the molecule is CCC(C)CC(C)NC1CCOC2(CCOC2)C1. The molecular weight excluding hydrogens is 226 g/mol. The van der Waals surface area contributed by atoms with Crippen LogP contribution in [0.2, 0.25) is 0 Å². The van der Waals surface area contributed by atoms with Gasteiger partial charge in [-0.2, -0.15) is 0 Å². The lowest BCUT2D eigenvalue weighted by molar-refractivity contribution is -0.0903. The molecule has 18 heavy (non-hydrogen) atoms. The van der Waals surface area contributed by atoms with E-state index in [0.29, 0.717) is 12.1 Å². The Morgan fingerprint density at radius 1 is 1.33 bits per heavy atom. The minimum atomic E-state index is 0.0337. The van der Waals surface area contributed by atoms with Crippen LogP contribution in [-0.2, 0) is 9.47 Å². The summed E-state index contributed by atoms with van der Waals surface area (Å²) in [5.74, 6) is 0.816. The standard InChI is InChI=1S/C15H29NO2/c1-4-12(2)9-13(3)16-14-5-7-18-15(10-14)6-8-17-11-15/h12-14,16H,4-11H2,1-3H3. The molecule has 106 valence electrons. The Morgan fingerprint density at radius 3 is 2.83 bits per heavy atom. The Labute approximate surface area is 112 Å². The van der Waals surface area contributed by atoms with Gasteiger partial charge in [-0.15, -0.1) is 0 Å². The second-order valence-electron chi connectivity index (χ2n) is 6.34. The molecule has 1 spiro atoms. The summed E-state index contributed by atoms with van der Waals surface area (Å²) in [7, 11) is 0. The first kappa shape index (κ1) is 14.3. The van der Waals surface area contributed by atoms with E-state index < -0.39 is 0 Å². The number of hydrogen-bond donors (Lipinski definition) is 1. The minimum absolute atomic E-state index is 0.0337. The first-order chi connectivity index (χ1) is 8.63. The van der Waals surface area contributed by atoms with E-state index >= 15 is 0 Å². The van der Waals surface area contributed by atoms with E-state index in [4.69, 9.17) is 9.47 Å². The maximum absolute atomic E-state index is 5.98. The lowest BCUT2D eigenvalue weighted by Gasteiger charge is -2.38. The molecule has 3 heteroatoms. The van der Waals surface area contributed by atoms with Crippen LogP contribution >= 0.6 is 0 Å². The van der Waals surface area contributed by atoms with Gasteiger partial charge in [0.1, 0.15) is 0 Å². The van der Waals surface area contributed by atoms with E-state index in [9.17, 15) is 0 Å². The van der Waals surface area contributed by atoms with Gasteiger partial charge >= 0.3 is 0 Å². The molecular formula is C15H29NO2. The summed E-state index contributed by atoms with van der Waals surface area (Å²) in [4.78, 5) is 0. The molecule has 0 aromatic rings. The van der Waals surface area contributed by atoms with Gasteiger partial charge in [0.05, 0.1) is 12.2 Å². The maximum Gasteiger partial charge on any atom is 0.0951 e. The molecule has 0 aliphatic carbocycles. The first-order valence-corrected chi connectivity index (χ1v) is 7.61. The van der Waals surface area contributed by atoms with Crippen molar-refractivity contribution in [1.82, 2.24) is 5.32 Å². The largest absolute Gasteiger partial charge is 0.378 e. The minimum Gasteiger partial charge on any atom is -0.378 e. The zero-order chi connectivity index (χ0) is 13.0. The highest BCUT2D eigenvalue weighted by molar-refractivity contribution is 4.93. The fourth-order valence-electron chi connectivity index (χ4n) is 3.27. The molecule has 2 saturated heterocycles. The molecule has 0 saturated carbocycles. The van der Waals surface area contributed by atoms with E-state index in [1.807, 2.05) is 0 Å². The van der Waals surface area contributed by atoms with Crippen LogP contribution in [0.4, 0.5) is 0 Å². The summed E-state index contributed by atoms with van der Waals surface area (Å²) in [6.45, 7) is 9.49. The van der Waals surface area contributed by atoms with Crippen molar-refractivity contribution in [1.29, 1.82) is 0 Å². The van der Waals surface area contributed by atoms with Crippen LogP contribution < -0.4 is 5.32 Å². The molecule has 3 nitrogen and oxygen atoms in total. The van der Waals surface area contributed by atoms with Gasteiger partial charge in [-0.3, -0.25) is 0 Å². The predicted molar refractivity (Wildman–Crippen MR) is 73.8 cm³/mol. The van der Waals surface area contributed by atoms with Gasteiger partial charge in [-0.05, 0) is 32.1 Å². The third kappa shape index (κ3) is 3.69. The molecule has 2 rings (SSSR count). The summed E-state index contributed by atoms with van der Waals surface area (Å²) in [6, 6.07) is 1.22. The van der Waals surface area contributed by atoms with Crippen LogP contribution in [0.3, 0.4) is 0 Å². The van der Waals surface area contributed by atoms with Crippen LogP contribution in [0.25, 0.3) is 0 Å². The highest BCUT2D eigenvalue weighted by atomic mass is 16.6. The Kier molecular flexibility index (Phi) is 5.05. The molecule has 2 aliphatic rings. The lowest BCUT2D eigenvalue weighted by atomic mass is 9.89. The Bertz CT molecular complexity index is 251. The average molecular weight is 255 g/mol. The Morgan fingerprint density at radius 2 is 2.17 bits per heavy atom. The second kappa shape index (κ2) is 6.36. The highest BCUT2D eigenvalue weighted by Crippen LogP contribution is 2.33. The third-order valence-electron chi connectivity index (χ3n) is 4.53. The van der Waals surface area contributed by atoms with Crippen molar-refractivity contribution in [2.45, 2.75) is 70.6 Å². The molecule has 4 unspecified atom stereocenters. The van der Waals surface area contributed by atoms with Gasteiger partial charge in [0.2, 0.25) is 0 Å². The maximum atomic E-state index is 5.98. The fourth-order valence-corrected chi connectivity index (χ4v) is 3.27. The highest BCUT2D eigenvalue weighted by Gasteiger charge is 2.41. The lowest BCUT2D eigenvalue weighted by Crippen LogP contribution is -2.49. The molecule has 2 aliphatic heterocycles. The fraction of sp³-hybridized carbons (Fsp3) is 1.00. The quantitative estimate of drug-likeness (QED) is 0.819. The number of ether oxygens (including phenoxy) is 2. The summed E-state index contributed by atoms with van der Waals surface area (Å²) >= 11 is 0. The van der Waals surface area contributed by atoms with Crippen molar-refractivity contribution in [2.24, 2.45) is 5.92 Å². The van der Waals surface area contributed by atoms with Gasteiger partial charge in [0.15, 0.2) is 0 Å². The van der Waals surface area contributed by atoms with E-state index in [2.05, 4.69) is 26.1 Å². The Hall–Kier alpha value is -0.120. The van der Waals surface area contributed by atoms with Crippen LogP contribution in [0.1, 0.15) is 52.9 Å². The second-order valence-corrected chi connectivity index (χ2v) is 6.34. The van der Waals surface area contributed by atoms with Gasteiger partial charge in [0.25, 0.3) is 0 Å².